The van der Waals surface area contributed by atoms with Gasteiger partial charge in [0, 0.05) is 67.9 Å². The van der Waals surface area contributed by atoms with Gasteiger partial charge in [0.15, 0.2) is 0 Å². The van der Waals surface area contributed by atoms with Crippen LogP contribution in [0.3, 0.4) is 0 Å². The first-order valence-corrected chi connectivity index (χ1v) is 16.8. The highest BCUT2D eigenvalue weighted by Crippen LogP contribution is 2.33. The molecule has 1 aliphatic carbocycles. The first-order chi connectivity index (χ1) is 19.8. The standard InChI is InChI=1S/C30H39N6O4S/c1-41(39,40)24-12-18-34(19-13-24)26-3-2-4-27-25(26)14-20-36(27)28-9-15-31-30(33-28)32-22-7-5-21(6-8-22)29(38)35-16-10-23(37)11-17-35/h2-4,9,14-15,20-24H,5-8,10-13,16-19H2,1H3,(H,31,32,33). The van der Waals surface area contributed by atoms with E-state index in [0.29, 0.717) is 44.7 Å². The summed E-state index contributed by atoms with van der Waals surface area (Å²) in [4.78, 5) is 26.4. The summed E-state index contributed by atoms with van der Waals surface area (Å²) < 4.78 is 26.1. The number of sulfone groups is 1. The summed E-state index contributed by atoms with van der Waals surface area (Å²) in [5.41, 5.74) is 2.15. The van der Waals surface area contributed by atoms with Gasteiger partial charge in [-0.25, -0.2) is 18.5 Å². The summed E-state index contributed by atoms with van der Waals surface area (Å²) in [5.74, 6) is 1.61. The molecule has 3 aromatic rings. The lowest BCUT2D eigenvalue weighted by molar-refractivity contribution is -0.139. The van der Waals surface area contributed by atoms with Crippen LogP contribution < -0.4 is 10.2 Å². The van der Waals surface area contributed by atoms with E-state index < -0.39 is 15.9 Å². The van der Waals surface area contributed by atoms with Gasteiger partial charge in [0.05, 0.1) is 16.9 Å². The number of hydrogen-bond donors (Lipinski definition) is 1. The lowest BCUT2D eigenvalue weighted by Crippen LogP contribution is -2.44. The van der Waals surface area contributed by atoms with E-state index in [1.165, 1.54) is 6.26 Å². The van der Waals surface area contributed by atoms with Gasteiger partial charge in [0.2, 0.25) is 11.9 Å². The van der Waals surface area contributed by atoms with Crippen molar-refractivity contribution >= 4 is 38.3 Å². The quantitative estimate of drug-likeness (QED) is 0.471. The maximum atomic E-state index is 12.9. The Morgan fingerprint density at radius 3 is 2.37 bits per heavy atom. The molecule has 0 spiro atoms. The van der Waals surface area contributed by atoms with Crippen molar-refractivity contribution in [2.75, 3.05) is 42.7 Å². The number of rotatable bonds is 6. The number of aromatic nitrogens is 3. The Kier molecular flexibility index (Phi) is 7.91. The van der Waals surface area contributed by atoms with E-state index in [2.05, 4.69) is 38.0 Å². The Morgan fingerprint density at radius 1 is 0.927 bits per heavy atom. The maximum absolute atomic E-state index is 12.9. The van der Waals surface area contributed by atoms with Crippen LogP contribution in [0.1, 0.15) is 51.4 Å². The van der Waals surface area contributed by atoms with Gasteiger partial charge in [-0.2, -0.15) is 4.98 Å². The van der Waals surface area contributed by atoms with Crippen molar-refractivity contribution in [1.29, 1.82) is 0 Å². The lowest BCUT2D eigenvalue weighted by Gasteiger charge is -2.35. The number of amides is 1. The molecule has 0 unspecified atom stereocenters. The predicted molar refractivity (Wildman–Crippen MR) is 159 cm³/mol. The zero-order valence-corrected chi connectivity index (χ0v) is 24.4. The molecule has 10 nitrogen and oxygen atoms in total. The highest BCUT2D eigenvalue weighted by atomic mass is 32.2. The number of fused-ring (bicyclic) bond motifs is 1. The van der Waals surface area contributed by atoms with E-state index in [0.717, 1.165) is 61.2 Å². The molecule has 219 valence electrons. The molecule has 1 amide bonds. The second kappa shape index (κ2) is 11.6. The molecular weight excluding hydrogens is 540 g/mol. The van der Waals surface area contributed by atoms with Gasteiger partial charge >= 0.3 is 0 Å². The van der Waals surface area contributed by atoms with E-state index in [4.69, 9.17) is 4.98 Å². The van der Waals surface area contributed by atoms with Crippen LogP contribution in [-0.4, -0.2) is 83.6 Å². The minimum atomic E-state index is -3.01. The third kappa shape index (κ3) is 6.06. The van der Waals surface area contributed by atoms with Crippen LogP contribution in [0.5, 0.6) is 0 Å². The fourth-order valence-corrected chi connectivity index (χ4v) is 7.77. The molecule has 1 radical (unpaired) electrons. The topological polar surface area (TPSA) is 120 Å². The molecule has 1 aromatic carbocycles. The summed E-state index contributed by atoms with van der Waals surface area (Å²) in [5, 5.41) is 16.0. The van der Waals surface area contributed by atoms with Crippen LogP contribution in [-0.2, 0) is 19.7 Å². The normalized spacial score (nSPS) is 23.2. The van der Waals surface area contributed by atoms with Gasteiger partial charge in [-0.15, -0.1) is 0 Å². The first kappa shape index (κ1) is 28.0. The molecule has 4 heterocycles. The van der Waals surface area contributed by atoms with Gasteiger partial charge in [0.1, 0.15) is 15.7 Å². The molecule has 2 aromatic heterocycles. The van der Waals surface area contributed by atoms with Gasteiger partial charge in [-0.3, -0.25) is 4.79 Å². The van der Waals surface area contributed by atoms with Crippen LogP contribution in [0.2, 0.25) is 0 Å². The van der Waals surface area contributed by atoms with E-state index in [1.54, 1.807) is 6.20 Å². The molecule has 2 saturated heterocycles. The van der Waals surface area contributed by atoms with Crippen LogP contribution in [0.15, 0.2) is 42.7 Å². The number of nitrogens with one attached hydrogen (secondary N) is 1. The average molecular weight is 580 g/mol. The van der Waals surface area contributed by atoms with E-state index in [1.807, 2.05) is 23.2 Å². The van der Waals surface area contributed by atoms with Crippen LogP contribution in [0.4, 0.5) is 11.6 Å². The average Bonchev–Trinajstić information content (AvgIpc) is 3.42. The molecule has 0 atom stereocenters. The zero-order chi connectivity index (χ0) is 28.6. The number of likely N-dealkylation sites (tertiary alicyclic amines) is 1. The van der Waals surface area contributed by atoms with Crippen molar-refractivity contribution in [3.05, 3.63) is 42.7 Å². The molecule has 11 heteroatoms. The SMILES string of the molecule is CS(=O)(=O)C1CCN(c2cccc3c2ccn3-c2ccnc(NC3CCC(C(=O)N4CCC([O])CC4)CC3)n2)CC1. The Hall–Kier alpha value is -3.18. The highest BCUT2D eigenvalue weighted by molar-refractivity contribution is 7.91. The van der Waals surface area contributed by atoms with E-state index in [-0.39, 0.29) is 23.1 Å². The zero-order valence-electron chi connectivity index (χ0n) is 23.6. The minimum absolute atomic E-state index is 0.0427. The lowest BCUT2D eigenvalue weighted by atomic mass is 9.85. The van der Waals surface area contributed by atoms with Crippen LogP contribution in [0.25, 0.3) is 16.7 Å². The molecular formula is C30H39N6O4S. The van der Waals surface area contributed by atoms with Gasteiger partial charge in [-0.05, 0) is 75.6 Å². The number of carbonyl (C=O) groups is 1. The Morgan fingerprint density at radius 2 is 1.66 bits per heavy atom. The summed E-state index contributed by atoms with van der Waals surface area (Å²) >= 11 is 0. The number of benzene rings is 1. The second-order valence-electron chi connectivity index (χ2n) is 11.9. The molecule has 3 fully saturated rings. The van der Waals surface area contributed by atoms with E-state index >= 15 is 0 Å². The van der Waals surface area contributed by atoms with Gasteiger partial charge < -0.3 is 19.7 Å². The van der Waals surface area contributed by atoms with Crippen molar-refractivity contribution in [1.82, 2.24) is 19.4 Å². The van der Waals surface area contributed by atoms with Gasteiger partial charge in [0.25, 0.3) is 0 Å². The fourth-order valence-electron chi connectivity index (χ4n) is 6.71. The Labute approximate surface area is 241 Å². The molecule has 0 bridgehead atoms. The number of hydrogen-bond acceptors (Lipinski definition) is 7. The van der Waals surface area contributed by atoms with Crippen molar-refractivity contribution in [3.63, 3.8) is 0 Å². The predicted octanol–water partition coefficient (Wildman–Crippen LogP) is 3.83. The Balaban J connectivity index is 1.10. The molecule has 2 aliphatic heterocycles. The summed E-state index contributed by atoms with van der Waals surface area (Å²) in [6.07, 6.45) is 10.5. The second-order valence-corrected chi connectivity index (χ2v) is 14.2. The molecule has 41 heavy (non-hydrogen) atoms. The van der Waals surface area contributed by atoms with E-state index in [9.17, 15) is 18.3 Å². The van der Waals surface area contributed by atoms with Crippen molar-refractivity contribution < 1.29 is 18.3 Å². The maximum Gasteiger partial charge on any atom is 0.225 e. The Bertz CT molecular complexity index is 1480. The summed E-state index contributed by atoms with van der Waals surface area (Å²) in [6, 6.07) is 10.4. The minimum Gasteiger partial charge on any atom is -0.371 e. The molecule has 6 rings (SSSR count). The van der Waals surface area contributed by atoms with Gasteiger partial charge in [-0.1, -0.05) is 6.07 Å². The van der Waals surface area contributed by atoms with Crippen molar-refractivity contribution in [2.24, 2.45) is 5.92 Å². The van der Waals surface area contributed by atoms with Crippen LogP contribution >= 0.6 is 0 Å². The number of carbonyl (C=O) groups excluding carboxylic acids is 1. The number of nitrogens with zero attached hydrogens (tertiary/aromatic N) is 5. The molecule has 1 saturated carbocycles. The van der Waals surface area contributed by atoms with Crippen molar-refractivity contribution in [2.45, 2.75) is 68.8 Å². The highest BCUT2D eigenvalue weighted by Gasteiger charge is 2.32. The molecule has 1 N–H and O–H groups in total. The third-order valence-electron chi connectivity index (χ3n) is 9.15. The summed E-state index contributed by atoms with van der Waals surface area (Å²) in [7, 11) is -3.01. The monoisotopic (exact) mass is 579 g/mol. The molecule has 3 aliphatic rings. The van der Waals surface area contributed by atoms with Crippen LogP contribution in [0, 0.1) is 5.92 Å². The fraction of sp³-hybridized carbons (Fsp3) is 0.567. The smallest absolute Gasteiger partial charge is 0.225 e. The third-order valence-corrected chi connectivity index (χ3v) is 10.8. The number of piperidine rings is 2. The largest absolute Gasteiger partial charge is 0.371 e. The first-order valence-electron chi connectivity index (χ1n) is 14.8. The van der Waals surface area contributed by atoms with Crippen molar-refractivity contribution in [3.8, 4) is 5.82 Å². The number of anilines is 2. The summed E-state index contributed by atoms with van der Waals surface area (Å²) in [6.45, 7) is 2.64.